The van der Waals surface area contributed by atoms with Gasteiger partial charge >= 0.3 is 0 Å². The number of aromatic nitrogens is 1. The fourth-order valence-electron chi connectivity index (χ4n) is 1.98. The summed E-state index contributed by atoms with van der Waals surface area (Å²) in [4.78, 5) is 4.45. The minimum atomic E-state index is -3.22. The molecule has 22 heavy (non-hydrogen) atoms. The lowest BCUT2D eigenvalue weighted by Gasteiger charge is -2.07. The molecule has 0 spiro atoms. The van der Waals surface area contributed by atoms with Gasteiger partial charge in [-0.1, -0.05) is 13.8 Å². The van der Waals surface area contributed by atoms with E-state index < -0.39 is 10.0 Å². The van der Waals surface area contributed by atoms with Crippen LogP contribution in [0.3, 0.4) is 0 Å². The summed E-state index contributed by atoms with van der Waals surface area (Å²) in [6.07, 6.45) is 0.537. The molecule has 0 saturated heterocycles. The molecule has 120 valence electrons. The summed E-state index contributed by atoms with van der Waals surface area (Å²) in [6, 6.07) is 6.17. The van der Waals surface area contributed by atoms with E-state index in [4.69, 9.17) is 0 Å². The Balaban J connectivity index is 1.91. The SMILES string of the molecule is CC(C)CS(=O)(=O)NCCc1csc(-c2ccc(F)cc2)n1. The van der Waals surface area contributed by atoms with E-state index in [0.717, 1.165) is 16.3 Å². The monoisotopic (exact) mass is 342 g/mol. The maximum absolute atomic E-state index is 12.9. The maximum atomic E-state index is 12.9. The summed E-state index contributed by atoms with van der Waals surface area (Å²) in [5, 5.41) is 2.70. The number of nitrogens with zero attached hydrogens (tertiary/aromatic N) is 1. The van der Waals surface area contributed by atoms with Crippen molar-refractivity contribution in [3.8, 4) is 10.6 Å². The van der Waals surface area contributed by atoms with Crippen LogP contribution in [-0.4, -0.2) is 25.7 Å². The Hall–Kier alpha value is -1.31. The van der Waals surface area contributed by atoms with Gasteiger partial charge in [0.2, 0.25) is 10.0 Å². The van der Waals surface area contributed by atoms with Gasteiger partial charge in [-0.3, -0.25) is 0 Å². The summed E-state index contributed by atoms with van der Waals surface area (Å²) in [7, 11) is -3.22. The van der Waals surface area contributed by atoms with Gasteiger partial charge in [0.15, 0.2) is 0 Å². The fraction of sp³-hybridized carbons (Fsp3) is 0.400. The van der Waals surface area contributed by atoms with Crippen molar-refractivity contribution in [1.29, 1.82) is 0 Å². The van der Waals surface area contributed by atoms with Crippen LogP contribution in [0.1, 0.15) is 19.5 Å². The highest BCUT2D eigenvalue weighted by Crippen LogP contribution is 2.23. The van der Waals surface area contributed by atoms with Crippen LogP contribution in [-0.2, 0) is 16.4 Å². The average Bonchev–Trinajstić information content (AvgIpc) is 2.86. The Kier molecular flexibility index (Phi) is 5.66. The number of rotatable bonds is 7. The molecule has 2 rings (SSSR count). The molecule has 0 unspecified atom stereocenters. The molecule has 0 bridgehead atoms. The standard InChI is InChI=1S/C15H19FN2O2S2/c1-11(2)10-22(19,20)17-8-7-14-9-21-15(18-14)12-3-5-13(16)6-4-12/h3-6,9,11,17H,7-8,10H2,1-2H3. The van der Waals surface area contributed by atoms with Gasteiger partial charge in [-0.25, -0.2) is 22.5 Å². The van der Waals surface area contributed by atoms with Crippen molar-refractivity contribution in [1.82, 2.24) is 9.71 Å². The summed E-state index contributed by atoms with van der Waals surface area (Å²) in [5.74, 6) is -0.0489. The van der Waals surface area contributed by atoms with Gasteiger partial charge in [0, 0.05) is 23.9 Å². The second kappa shape index (κ2) is 7.30. The zero-order valence-corrected chi connectivity index (χ0v) is 14.2. The van der Waals surface area contributed by atoms with Crippen molar-refractivity contribution >= 4 is 21.4 Å². The lowest BCUT2D eigenvalue weighted by atomic mass is 10.2. The molecule has 1 N–H and O–H groups in total. The Morgan fingerprint density at radius 2 is 1.95 bits per heavy atom. The largest absolute Gasteiger partial charge is 0.241 e. The van der Waals surface area contributed by atoms with Gasteiger partial charge in [-0.15, -0.1) is 11.3 Å². The van der Waals surface area contributed by atoms with Crippen molar-refractivity contribution in [3.63, 3.8) is 0 Å². The Bertz CT molecular complexity index is 709. The lowest BCUT2D eigenvalue weighted by molar-refractivity contribution is 0.568. The van der Waals surface area contributed by atoms with Crippen LogP contribution >= 0.6 is 11.3 Å². The number of sulfonamides is 1. The minimum absolute atomic E-state index is 0.0989. The number of thiazole rings is 1. The van der Waals surface area contributed by atoms with Gasteiger partial charge in [0.25, 0.3) is 0 Å². The van der Waals surface area contributed by atoms with E-state index in [-0.39, 0.29) is 17.5 Å². The Labute approximate surface area is 134 Å². The number of halogens is 1. The average molecular weight is 342 g/mol. The second-order valence-electron chi connectivity index (χ2n) is 5.47. The lowest BCUT2D eigenvalue weighted by Crippen LogP contribution is -2.30. The van der Waals surface area contributed by atoms with E-state index >= 15 is 0 Å². The molecule has 1 aromatic carbocycles. The van der Waals surface area contributed by atoms with Crippen LogP contribution in [0.5, 0.6) is 0 Å². The van der Waals surface area contributed by atoms with Crippen LogP contribution in [0, 0.1) is 11.7 Å². The highest BCUT2D eigenvalue weighted by atomic mass is 32.2. The summed E-state index contributed by atoms with van der Waals surface area (Å²) in [6.45, 7) is 4.07. The third-order valence-corrected chi connectivity index (χ3v) is 5.59. The highest BCUT2D eigenvalue weighted by Gasteiger charge is 2.12. The summed E-state index contributed by atoms with van der Waals surface area (Å²) < 4.78 is 38.9. The van der Waals surface area contributed by atoms with Gasteiger partial charge in [-0.05, 0) is 30.2 Å². The van der Waals surface area contributed by atoms with E-state index in [1.165, 1.54) is 23.5 Å². The summed E-state index contributed by atoms with van der Waals surface area (Å²) >= 11 is 1.47. The van der Waals surface area contributed by atoms with Crippen LogP contribution in [0.4, 0.5) is 4.39 Å². The topological polar surface area (TPSA) is 59.1 Å². The molecule has 0 atom stereocenters. The normalized spacial score (nSPS) is 12.0. The van der Waals surface area contributed by atoms with Crippen molar-refractivity contribution in [3.05, 3.63) is 41.2 Å². The first-order valence-electron chi connectivity index (χ1n) is 7.03. The zero-order valence-electron chi connectivity index (χ0n) is 12.5. The van der Waals surface area contributed by atoms with Crippen LogP contribution < -0.4 is 4.72 Å². The van der Waals surface area contributed by atoms with E-state index in [2.05, 4.69) is 9.71 Å². The molecule has 1 heterocycles. The van der Waals surface area contributed by atoms with Gasteiger partial charge < -0.3 is 0 Å². The summed E-state index contributed by atoms with van der Waals surface area (Å²) in [5.41, 5.74) is 1.69. The van der Waals surface area contributed by atoms with Crippen LogP contribution in [0.15, 0.2) is 29.6 Å². The first kappa shape index (κ1) is 17.1. The molecule has 0 aliphatic rings. The molecule has 4 nitrogen and oxygen atoms in total. The molecule has 0 aliphatic heterocycles. The molecule has 2 aromatic rings. The molecule has 0 aliphatic carbocycles. The first-order chi connectivity index (χ1) is 10.4. The molecular formula is C15H19FN2O2S2. The van der Waals surface area contributed by atoms with Gasteiger partial charge in [0.05, 0.1) is 11.4 Å². The number of hydrogen-bond acceptors (Lipinski definition) is 4. The number of nitrogens with one attached hydrogen (secondary N) is 1. The van der Waals surface area contributed by atoms with Gasteiger partial charge in [-0.2, -0.15) is 0 Å². The van der Waals surface area contributed by atoms with Crippen molar-refractivity contribution in [2.24, 2.45) is 5.92 Å². The van der Waals surface area contributed by atoms with E-state index in [1.807, 2.05) is 19.2 Å². The number of hydrogen-bond donors (Lipinski definition) is 1. The molecule has 1 aromatic heterocycles. The fourth-order valence-corrected chi connectivity index (χ4v) is 4.25. The molecular weight excluding hydrogens is 323 g/mol. The Morgan fingerprint density at radius 3 is 2.59 bits per heavy atom. The van der Waals surface area contributed by atoms with Crippen molar-refractivity contribution < 1.29 is 12.8 Å². The molecule has 0 saturated carbocycles. The van der Waals surface area contributed by atoms with Crippen LogP contribution in [0.25, 0.3) is 10.6 Å². The Morgan fingerprint density at radius 1 is 1.27 bits per heavy atom. The van der Waals surface area contributed by atoms with E-state index in [1.54, 1.807) is 12.1 Å². The predicted molar refractivity (Wildman–Crippen MR) is 87.8 cm³/mol. The second-order valence-corrected chi connectivity index (χ2v) is 8.18. The highest BCUT2D eigenvalue weighted by molar-refractivity contribution is 7.89. The molecule has 0 radical (unpaired) electrons. The van der Waals surface area contributed by atoms with Crippen LogP contribution in [0.2, 0.25) is 0 Å². The predicted octanol–water partition coefficient (Wildman–Crippen LogP) is 3.07. The maximum Gasteiger partial charge on any atom is 0.211 e. The quantitative estimate of drug-likeness (QED) is 0.841. The number of benzene rings is 1. The van der Waals surface area contributed by atoms with E-state index in [9.17, 15) is 12.8 Å². The minimum Gasteiger partial charge on any atom is -0.241 e. The zero-order chi connectivity index (χ0) is 16.2. The molecule has 0 amide bonds. The van der Waals surface area contributed by atoms with Crippen molar-refractivity contribution in [2.75, 3.05) is 12.3 Å². The molecule has 7 heteroatoms. The first-order valence-corrected chi connectivity index (χ1v) is 9.56. The third-order valence-electron chi connectivity index (χ3n) is 2.90. The van der Waals surface area contributed by atoms with Crippen molar-refractivity contribution in [2.45, 2.75) is 20.3 Å². The van der Waals surface area contributed by atoms with Gasteiger partial charge in [0.1, 0.15) is 10.8 Å². The van der Waals surface area contributed by atoms with E-state index in [0.29, 0.717) is 13.0 Å². The smallest absolute Gasteiger partial charge is 0.211 e. The third kappa shape index (κ3) is 5.15. The molecule has 0 fully saturated rings.